The van der Waals surface area contributed by atoms with Crippen LogP contribution in [0.4, 0.5) is 0 Å². The highest BCUT2D eigenvalue weighted by molar-refractivity contribution is 7.99. The summed E-state index contributed by atoms with van der Waals surface area (Å²) in [7, 11) is 0. The Bertz CT molecular complexity index is 352. The van der Waals surface area contributed by atoms with Gasteiger partial charge in [-0.3, -0.25) is 0 Å². The molecule has 0 heterocycles. The van der Waals surface area contributed by atoms with Gasteiger partial charge in [0.2, 0.25) is 0 Å². The van der Waals surface area contributed by atoms with E-state index in [1.54, 1.807) is 0 Å². The van der Waals surface area contributed by atoms with Crippen molar-refractivity contribution in [3.8, 4) is 0 Å². The number of nitrogens with two attached hydrogens (primary N) is 1. The molecule has 96 valence electrons. The molecule has 3 heteroatoms. The molecule has 0 amide bonds. The first kappa shape index (κ1) is 14.9. The van der Waals surface area contributed by atoms with Gasteiger partial charge in [-0.25, -0.2) is 0 Å². The maximum Gasteiger partial charge on any atom is 0.0544 e. The van der Waals surface area contributed by atoms with Crippen molar-refractivity contribution < 1.29 is 0 Å². The molecular formula is C14H22ClNS. The first-order valence-electron chi connectivity index (χ1n) is 6.20. The van der Waals surface area contributed by atoms with Gasteiger partial charge in [0.15, 0.2) is 0 Å². The Balaban J connectivity index is 2.80. The van der Waals surface area contributed by atoms with E-state index in [9.17, 15) is 0 Å². The summed E-state index contributed by atoms with van der Waals surface area (Å²) in [5.41, 5.74) is 7.15. The van der Waals surface area contributed by atoms with Gasteiger partial charge in [-0.05, 0) is 30.9 Å². The molecule has 2 unspecified atom stereocenters. The fraction of sp³-hybridized carbons (Fsp3) is 0.571. The van der Waals surface area contributed by atoms with Gasteiger partial charge in [-0.1, -0.05) is 44.0 Å². The second-order valence-electron chi connectivity index (χ2n) is 4.73. The zero-order valence-corrected chi connectivity index (χ0v) is 12.4. The third kappa shape index (κ3) is 4.90. The quantitative estimate of drug-likeness (QED) is 0.778. The zero-order valence-electron chi connectivity index (χ0n) is 10.9. The largest absolute Gasteiger partial charge is 0.328 e. The van der Waals surface area contributed by atoms with E-state index in [1.807, 2.05) is 30.8 Å². The number of halogens is 1. The van der Waals surface area contributed by atoms with Crippen LogP contribution in [-0.2, 0) is 6.42 Å². The number of hydrogen-bond acceptors (Lipinski definition) is 2. The lowest BCUT2D eigenvalue weighted by atomic mass is 10.1. The Hall–Kier alpha value is -0.180. The van der Waals surface area contributed by atoms with Crippen molar-refractivity contribution in [2.24, 2.45) is 11.7 Å². The van der Waals surface area contributed by atoms with E-state index >= 15 is 0 Å². The van der Waals surface area contributed by atoms with E-state index in [0.29, 0.717) is 0 Å². The molecule has 0 fully saturated rings. The molecule has 0 spiro atoms. The van der Waals surface area contributed by atoms with Crippen molar-refractivity contribution in [1.29, 1.82) is 0 Å². The first-order chi connectivity index (χ1) is 8.04. The van der Waals surface area contributed by atoms with Crippen LogP contribution in [0.25, 0.3) is 0 Å². The predicted octanol–water partition coefficient (Wildman–Crippen LogP) is 4.37. The molecule has 0 saturated heterocycles. The lowest BCUT2D eigenvalue weighted by molar-refractivity contribution is 0.636. The summed E-state index contributed by atoms with van der Waals surface area (Å²) in [4.78, 5) is 1.21. The molecule has 1 rings (SSSR count). The van der Waals surface area contributed by atoms with Crippen molar-refractivity contribution in [1.82, 2.24) is 0 Å². The summed E-state index contributed by atoms with van der Waals surface area (Å²) in [6, 6.07) is 6.28. The fourth-order valence-corrected chi connectivity index (χ4v) is 3.15. The average molecular weight is 272 g/mol. The van der Waals surface area contributed by atoms with E-state index in [0.717, 1.165) is 23.1 Å². The second kappa shape index (κ2) is 7.30. The Labute approximate surface area is 114 Å². The Morgan fingerprint density at radius 2 is 2.06 bits per heavy atom. The fourth-order valence-electron chi connectivity index (χ4n) is 1.57. The van der Waals surface area contributed by atoms with E-state index in [-0.39, 0.29) is 6.04 Å². The van der Waals surface area contributed by atoms with Crippen LogP contribution in [0.2, 0.25) is 5.02 Å². The van der Waals surface area contributed by atoms with E-state index < -0.39 is 0 Å². The van der Waals surface area contributed by atoms with E-state index in [1.165, 1.54) is 16.9 Å². The molecular weight excluding hydrogens is 250 g/mol. The molecule has 1 aromatic rings. The second-order valence-corrected chi connectivity index (χ2v) is 6.17. The number of thioether (sulfide) groups is 1. The van der Waals surface area contributed by atoms with Crippen LogP contribution in [0.3, 0.4) is 0 Å². The normalized spacial score (nSPS) is 14.6. The minimum absolute atomic E-state index is 0.177. The minimum Gasteiger partial charge on any atom is -0.328 e. The van der Waals surface area contributed by atoms with Gasteiger partial charge in [0.1, 0.15) is 0 Å². The summed E-state index contributed by atoms with van der Waals surface area (Å²) in [5.74, 6) is 1.84. The Morgan fingerprint density at radius 1 is 1.35 bits per heavy atom. The molecule has 0 aliphatic rings. The maximum atomic E-state index is 6.28. The molecule has 0 aromatic heterocycles. The van der Waals surface area contributed by atoms with Gasteiger partial charge < -0.3 is 5.73 Å². The van der Waals surface area contributed by atoms with Crippen LogP contribution in [0.5, 0.6) is 0 Å². The SMILES string of the molecule is CCC(C)CSc1c(Cl)cccc1CC(C)N. The minimum atomic E-state index is 0.177. The molecule has 1 nitrogen and oxygen atoms in total. The van der Waals surface area contributed by atoms with Gasteiger partial charge in [0, 0.05) is 16.7 Å². The van der Waals surface area contributed by atoms with Crippen LogP contribution in [0, 0.1) is 5.92 Å². The zero-order chi connectivity index (χ0) is 12.8. The van der Waals surface area contributed by atoms with Crippen molar-refractivity contribution >= 4 is 23.4 Å². The average Bonchev–Trinajstić information content (AvgIpc) is 2.27. The maximum absolute atomic E-state index is 6.28. The van der Waals surface area contributed by atoms with E-state index in [2.05, 4.69) is 19.9 Å². The van der Waals surface area contributed by atoms with E-state index in [4.69, 9.17) is 17.3 Å². The Morgan fingerprint density at radius 3 is 2.65 bits per heavy atom. The lowest BCUT2D eigenvalue weighted by Crippen LogP contribution is -2.18. The standard InChI is InChI=1S/C14H22ClNS/c1-4-10(2)9-17-14-12(8-11(3)16)6-5-7-13(14)15/h5-7,10-11H,4,8-9,16H2,1-3H3. The summed E-state index contributed by atoms with van der Waals surface area (Å²) in [6.45, 7) is 6.53. The van der Waals surface area contributed by atoms with Crippen LogP contribution >= 0.6 is 23.4 Å². The lowest BCUT2D eigenvalue weighted by Gasteiger charge is -2.14. The highest BCUT2D eigenvalue weighted by Crippen LogP contribution is 2.32. The molecule has 0 saturated carbocycles. The molecule has 0 bridgehead atoms. The van der Waals surface area contributed by atoms with Gasteiger partial charge in [0.05, 0.1) is 5.02 Å². The monoisotopic (exact) mass is 271 g/mol. The Kier molecular flexibility index (Phi) is 6.39. The smallest absolute Gasteiger partial charge is 0.0544 e. The van der Waals surface area contributed by atoms with Gasteiger partial charge in [-0.15, -0.1) is 11.8 Å². The molecule has 0 aliphatic carbocycles. The van der Waals surface area contributed by atoms with Crippen molar-refractivity contribution in [3.63, 3.8) is 0 Å². The van der Waals surface area contributed by atoms with Gasteiger partial charge in [0.25, 0.3) is 0 Å². The third-order valence-corrected chi connectivity index (χ3v) is 4.73. The molecule has 2 atom stereocenters. The molecule has 17 heavy (non-hydrogen) atoms. The van der Waals surface area contributed by atoms with Crippen LogP contribution < -0.4 is 5.73 Å². The summed E-state index contributed by atoms with van der Waals surface area (Å²) in [6.07, 6.45) is 2.10. The molecule has 2 N–H and O–H groups in total. The first-order valence-corrected chi connectivity index (χ1v) is 7.56. The summed E-state index contributed by atoms with van der Waals surface area (Å²) < 4.78 is 0. The topological polar surface area (TPSA) is 26.0 Å². The molecule has 0 radical (unpaired) electrons. The van der Waals surface area contributed by atoms with Gasteiger partial charge >= 0.3 is 0 Å². The van der Waals surface area contributed by atoms with Crippen LogP contribution in [0.1, 0.15) is 32.8 Å². The third-order valence-electron chi connectivity index (χ3n) is 2.80. The number of benzene rings is 1. The van der Waals surface area contributed by atoms with Crippen molar-refractivity contribution in [3.05, 3.63) is 28.8 Å². The van der Waals surface area contributed by atoms with Crippen LogP contribution in [0.15, 0.2) is 23.1 Å². The summed E-state index contributed by atoms with van der Waals surface area (Å²) in [5, 5.41) is 0.858. The van der Waals surface area contributed by atoms with Crippen molar-refractivity contribution in [2.75, 3.05) is 5.75 Å². The predicted molar refractivity (Wildman–Crippen MR) is 79.0 cm³/mol. The molecule has 1 aromatic carbocycles. The number of rotatable bonds is 6. The summed E-state index contributed by atoms with van der Waals surface area (Å²) >= 11 is 8.14. The highest BCUT2D eigenvalue weighted by Gasteiger charge is 2.10. The van der Waals surface area contributed by atoms with Crippen LogP contribution in [-0.4, -0.2) is 11.8 Å². The number of hydrogen-bond donors (Lipinski definition) is 1. The molecule has 0 aliphatic heterocycles. The van der Waals surface area contributed by atoms with Crippen molar-refractivity contribution in [2.45, 2.75) is 44.6 Å². The highest BCUT2D eigenvalue weighted by atomic mass is 35.5. The van der Waals surface area contributed by atoms with Gasteiger partial charge in [-0.2, -0.15) is 0 Å².